The molecule has 0 spiro atoms. The molecule has 0 bridgehead atoms. The number of nitrogens with one attached hydrogen (secondary N) is 1. The lowest BCUT2D eigenvalue weighted by atomic mass is 10.1. The molecule has 2 aliphatic rings. The van der Waals surface area contributed by atoms with Gasteiger partial charge in [-0.1, -0.05) is 18.2 Å². The van der Waals surface area contributed by atoms with E-state index in [1.807, 2.05) is 12.1 Å². The highest BCUT2D eigenvalue weighted by atomic mass is 32.2. The van der Waals surface area contributed by atoms with E-state index in [9.17, 15) is 8.42 Å². The zero-order chi connectivity index (χ0) is 19.8. The molecule has 29 heavy (non-hydrogen) atoms. The van der Waals surface area contributed by atoms with Crippen LogP contribution < -0.4 is 9.62 Å². The molecule has 2 aromatic carbocycles. The summed E-state index contributed by atoms with van der Waals surface area (Å²) in [5, 5.41) is 3.52. The molecule has 3 heterocycles. The number of hydrogen-bond acceptors (Lipinski definition) is 5. The van der Waals surface area contributed by atoms with Crippen molar-refractivity contribution in [3.8, 4) is 0 Å². The summed E-state index contributed by atoms with van der Waals surface area (Å²) in [6.45, 7) is 5.58. The number of thiophene rings is 1. The fraction of sp³-hybridized carbons (Fsp3) is 0.364. The van der Waals surface area contributed by atoms with E-state index >= 15 is 0 Å². The van der Waals surface area contributed by atoms with Crippen LogP contribution in [0.25, 0.3) is 10.1 Å². The maximum Gasteiger partial charge on any atom is 0.240 e. The number of nitrogens with zero attached hydrogens (tertiary/aromatic N) is 2. The Bertz CT molecular complexity index is 1130. The summed E-state index contributed by atoms with van der Waals surface area (Å²) < 4.78 is 28.5. The van der Waals surface area contributed by atoms with Gasteiger partial charge in [-0.25, -0.2) is 13.1 Å². The van der Waals surface area contributed by atoms with Crippen molar-refractivity contribution < 1.29 is 8.42 Å². The van der Waals surface area contributed by atoms with Crippen molar-refractivity contribution in [2.75, 3.05) is 44.2 Å². The Morgan fingerprint density at radius 3 is 2.76 bits per heavy atom. The second kappa shape index (κ2) is 7.72. The van der Waals surface area contributed by atoms with Crippen LogP contribution in [0.5, 0.6) is 0 Å². The van der Waals surface area contributed by atoms with E-state index in [2.05, 4.69) is 50.2 Å². The lowest BCUT2D eigenvalue weighted by Gasteiger charge is -2.36. The molecular formula is C22H25N3O2S2. The Labute approximate surface area is 176 Å². The van der Waals surface area contributed by atoms with Crippen LogP contribution in [-0.4, -0.2) is 52.6 Å². The van der Waals surface area contributed by atoms with E-state index in [4.69, 9.17) is 0 Å². The molecule has 2 aliphatic heterocycles. The molecule has 3 aromatic rings. The smallest absolute Gasteiger partial charge is 0.240 e. The zero-order valence-electron chi connectivity index (χ0n) is 16.3. The number of anilines is 1. The van der Waals surface area contributed by atoms with E-state index in [0.29, 0.717) is 11.4 Å². The quantitative estimate of drug-likeness (QED) is 0.695. The summed E-state index contributed by atoms with van der Waals surface area (Å²) in [5.41, 5.74) is 3.38. The van der Waals surface area contributed by atoms with E-state index in [-0.39, 0.29) is 0 Å². The second-order valence-electron chi connectivity index (χ2n) is 7.78. The average Bonchev–Trinajstić information content (AvgIpc) is 3.22. The van der Waals surface area contributed by atoms with Crippen molar-refractivity contribution in [3.63, 3.8) is 0 Å². The van der Waals surface area contributed by atoms with Gasteiger partial charge in [0, 0.05) is 55.0 Å². The van der Waals surface area contributed by atoms with Gasteiger partial charge in [0.25, 0.3) is 0 Å². The maximum atomic E-state index is 12.2. The van der Waals surface area contributed by atoms with Crippen molar-refractivity contribution in [1.82, 2.24) is 9.62 Å². The standard InChI is InChI=1S/C22H25N3O2S2/c26-29(27)22-16-17(4-5-18(22)6-9-23-29)7-10-24-11-13-25(14-12-24)20-2-1-3-21-19(20)8-15-28-21/h1-5,8,15-16,23H,6-7,9-14H2. The van der Waals surface area contributed by atoms with E-state index in [0.717, 1.165) is 56.7 Å². The molecule has 0 atom stereocenters. The topological polar surface area (TPSA) is 52.7 Å². The summed E-state index contributed by atoms with van der Waals surface area (Å²) in [5.74, 6) is 0. The third-order valence-electron chi connectivity index (χ3n) is 6.01. The number of fused-ring (bicyclic) bond motifs is 2. The minimum Gasteiger partial charge on any atom is -0.368 e. The van der Waals surface area contributed by atoms with Gasteiger partial charge in [0.1, 0.15) is 0 Å². The second-order valence-corrected chi connectivity index (χ2v) is 10.5. The summed E-state index contributed by atoms with van der Waals surface area (Å²) in [4.78, 5) is 5.44. The molecule has 1 saturated heterocycles. The molecule has 5 rings (SSSR count). The Balaban J connectivity index is 1.21. The lowest BCUT2D eigenvalue weighted by molar-refractivity contribution is 0.261. The highest BCUT2D eigenvalue weighted by molar-refractivity contribution is 7.89. The summed E-state index contributed by atoms with van der Waals surface area (Å²) in [7, 11) is -3.33. The first-order chi connectivity index (χ1) is 14.1. The minimum atomic E-state index is -3.33. The van der Waals surface area contributed by atoms with Gasteiger partial charge in [0.05, 0.1) is 4.90 Å². The third kappa shape index (κ3) is 3.80. The number of piperazine rings is 1. The van der Waals surface area contributed by atoms with Gasteiger partial charge in [0.2, 0.25) is 10.0 Å². The van der Waals surface area contributed by atoms with Crippen molar-refractivity contribution in [1.29, 1.82) is 0 Å². The van der Waals surface area contributed by atoms with Gasteiger partial charge < -0.3 is 4.90 Å². The molecule has 0 saturated carbocycles. The van der Waals surface area contributed by atoms with Crippen LogP contribution >= 0.6 is 11.3 Å². The van der Waals surface area contributed by atoms with Gasteiger partial charge in [-0.2, -0.15) is 0 Å². The number of benzene rings is 2. The largest absolute Gasteiger partial charge is 0.368 e. The highest BCUT2D eigenvalue weighted by Crippen LogP contribution is 2.31. The molecule has 0 radical (unpaired) electrons. The predicted molar refractivity (Wildman–Crippen MR) is 120 cm³/mol. The van der Waals surface area contributed by atoms with Crippen molar-refractivity contribution >= 4 is 37.1 Å². The molecule has 1 aromatic heterocycles. The number of sulfonamides is 1. The van der Waals surface area contributed by atoms with Crippen LogP contribution in [0, 0.1) is 0 Å². The van der Waals surface area contributed by atoms with Gasteiger partial charge in [-0.15, -0.1) is 11.3 Å². The van der Waals surface area contributed by atoms with Crippen LogP contribution in [0.1, 0.15) is 11.1 Å². The highest BCUT2D eigenvalue weighted by Gasteiger charge is 2.23. The normalized spacial score (nSPS) is 19.4. The monoisotopic (exact) mass is 427 g/mol. The molecule has 0 unspecified atom stereocenters. The first-order valence-corrected chi connectivity index (χ1v) is 12.5. The number of rotatable bonds is 4. The average molecular weight is 428 g/mol. The molecule has 5 nitrogen and oxygen atoms in total. The zero-order valence-corrected chi connectivity index (χ0v) is 17.9. The molecule has 7 heteroatoms. The van der Waals surface area contributed by atoms with E-state index in [1.165, 1.54) is 15.8 Å². The van der Waals surface area contributed by atoms with Crippen LogP contribution in [0.4, 0.5) is 5.69 Å². The van der Waals surface area contributed by atoms with Crippen molar-refractivity contribution in [2.45, 2.75) is 17.7 Å². The maximum absolute atomic E-state index is 12.2. The van der Waals surface area contributed by atoms with E-state index < -0.39 is 10.0 Å². The molecule has 1 N–H and O–H groups in total. The molecule has 152 valence electrons. The number of hydrogen-bond donors (Lipinski definition) is 1. The Morgan fingerprint density at radius 2 is 1.90 bits per heavy atom. The fourth-order valence-corrected chi connectivity index (χ4v) is 6.52. The van der Waals surface area contributed by atoms with E-state index in [1.54, 1.807) is 11.3 Å². The molecule has 0 aliphatic carbocycles. The Morgan fingerprint density at radius 1 is 1.03 bits per heavy atom. The SMILES string of the molecule is O=S1(=O)NCCc2ccc(CCN3CCN(c4cccc5sccc45)CC3)cc21. The molecule has 1 fully saturated rings. The van der Waals surface area contributed by atoms with Crippen molar-refractivity contribution in [2.24, 2.45) is 0 Å². The van der Waals surface area contributed by atoms with Crippen molar-refractivity contribution in [3.05, 3.63) is 59.0 Å². The summed E-state index contributed by atoms with van der Waals surface area (Å²) in [6.07, 6.45) is 1.65. The lowest BCUT2D eigenvalue weighted by Crippen LogP contribution is -2.47. The van der Waals surface area contributed by atoms with Crippen LogP contribution in [0.15, 0.2) is 52.7 Å². The predicted octanol–water partition coefficient (Wildman–Crippen LogP) is 3.10. The first kappa shape index (κ1) is 19.1. The summed E-state index contributed by atoms with van der Waals surface area (Å²) >= 11 is 1.80. The van der Waals surface area contributed by atoms with Crippen LogP contribution in [0.2, 0.25) is 0 Å². The first-order valence-electron chi connectivity index (χ1n) is 10.2. The Kier molecular flexibility index (Phi) is 5.07. The van der Waals surface area contributed by atoms with Gasteiger partial charge >= 0.3 is 0 Å². The molecular weight excluding hydrogens is 402 g/mol. The van der Waals surface area contributed by atoms with Crippen LogP contribution in [-0.2, 0) is 22.9 Å². The van der Waals surface area contributed by atoms with Gasteiger partial charge in [0.15, 0.2) is 0 Å². The third-order valence-corrected chi connectivity index (χ3v) is 8.44. The summed E-state index contributed by atoms with van der Waals surface area (Å²) in [6, 6.07) is 14.7. The minimum absolute atomic E-state index is 0.468. The van der Waals surface area contributed by atoms with Crippen LogP contribution in [0.3, 0.4) is 0 Å². The van der Waals surface area contributed by atoms with Gasteiger partial charge in [-0.05, 0) is 53.6 Å². The fourth-order valence-electron chi connectivity index (χ4n) is 4.36. The van der Waals surface area contributed by atoms with Gasteiger partial charge in [-0.3, -0.25) is 4.90 Å². The molecule has 0 amide bonds. The Hall–Kier alpha value is -1.93.